The van der Waals surface area contributed by atoms with Gasteiger partial charge in [-0.25, -0.2) is 9.59 Å². The van der Waals surface area contributed by atoms with Crippen LogP contribution in [-0.2, 0) is 9.59 Å². The van der Waals surface area contributed by atoms with Crippen LogP contribution in [0.15, 0.2) is 0 Å². The molecule has 0 aliphatic carbocycles. The van der Waals surface area contributed by atoms with Gasteiger partial charge in [-0.05, 0) is 25.2 Å². The molecule has 4 N–H and O–H groups in total. The highest BCUT2D eigenvalue weighted by Crippen LogP contribution is 2.21. The number of likely N-dealkylation sites (tertiary alicyclic amines) is 1. The molecule has 7 heteroatoms. The molecule has 7 nitrogen and oxygen atoms in total. The van der Waals surface area contributed by atoms with Crippen molar-refractivity contribution in [3.05, 3.63) is 0 Å². The number of primary amides is 1. The van der Waals surface area contributed by atoms with Gasteiger partial charge in [-0.15, -0.1) is 0 Å². The highest BCUT2D eigenvalue weighted by molar-refractivity contribution is 5.83. The number of carboxylic acids is 1. The van der Waals surface area contributed by atoms with Crippen LogP contribution in [0.4, 0.5) is 4.79 Å². The van der Waals surface area contributed by atoms with Gasteiger partial charge in [0.05, 0.1) is 0 Å². The number of carboxylic acid groups (broad SMARTS) is 1. The molecule has 120 valence electrons. The molecule has 3 amide bonds. The van der Waals surface area contributed by atoms with E-state index in [1.54, 1.807) is 4.90 Å². The van der Waals surface area contributed by atoms with E-state index in [-0.39, 0.29) is 18.9 Å². The van der Waals surface area contributed by atoms with Crippen LogP contribution in [0.5, 0.6) is 0 Å². The summed E-state index contributed by atoms with van der Waals surface area (Å²) in [4.78, 5) is 35.5. The van der Waals surface area contributed by atoms with Crippen molar-refractivity contribution in [2.75, 3.05) is 13.1 Å². The third-order valence-corrected chi connectivity index (χ3v) is 3.87. The predicted molar refractivity (Wildman–Crippen MR) is 77.6 cm³/mol. The fraction of sp³-hybridized carbons (Fsp3) is 0.786. The normalized spacial score (nSPS) is 17.3. The van der Waals surface area contributed by atoms with Crippen LogP contribution in [0, 0.1) is 5.92 Å². The first-order valence-electron chi connectivity index (χ1n) is 7.50. The quantitative estimate of drug-likeness (QED) is 0.649. The van der Waals surface area contributed by atoms with Crippen molar-refractivity contribution in [1.82, 2.24) is 10.2 Å². The third-order valence-electron chi connectivity index (χ3n) is 3.87. The van der Waals surface area contributed by atoms with Crippen LogP contribution in [0.2, 0.25) is 0 Å². The molecule has 0 unspecified atom stereocenters. The maximum atomic E-state index is 12.1. The average Bonchev–Trinajstić information content (AvgIpc) is 2.43. The van der Waals surface area contributed by atoms with E-state index in [1.165, 1.54) is 6.42 Å². The van der Waals surface area contributed by atoms with Crippen LogP contribution in [0.25, 0.3) is 0 Å². The van der Waals surface area contributed by atoms with Crippen LogP contribution in [0.1, 0.15) is 45.4 Å². The summed E-state index contributed by atoms with van der Waals surface area (Å²) in [5, 5.41) is 11.5. The van der Waals surface area contributed by atoms with Crippen molar-refractivity contribution in [2.45, 2.75) is 51.5 Å². The van der Waals surface area contributed by atoms with E-state index in [9.17, 15) is 14.4 Å². The highest BCUT2D eigenvalue weighted by Gasteiger charge is 2.26. The molecule has 1 fully saturated rings. The molecule has 0 aromatic carbocycles. The van der Waals surface area contributed by atoms with Crippen molar-refractivity contribution >= 4 is 17.9 Å². The van der Waals surface area contributed by atoms with Crippen molar-refractivity contribution < 1.29 is 19.5 Å². The molecule has 1 rings (SSSR count). The van der Waals surface area contributed by atoms with Crippen molar-refractivity contribution in [3.63, 3.8) is 0 Å². The Bertz CT molecular complexity index is 378. The summed E-state index contributed by atoms with van der Waals surface area (Å²) in [5.41, 5.74) is 5.00. The number of piperidine rings is 1. The number of aliphatic carboxylic acids is 1. The SMILES string of the molecule is CCCC1CCN(C(=O)N[C@H](CCC(N)=O)C(=O)O)CC1. The number of urea groups is 1. The summed E-state index contributed by atoms with van der Waals surface area (Å²) in [5.74, 6) is -1.06. The molecule has 1 aliphatic rings. The Morgan fingerprint density at radius 3 is 2.43 bits per heavy atom. The molecule has 0 bridgehead atoms. The summed E-state index contributed by atoms with van der Waals surface area (Å²) in [6, 6.07) is -1.44. The van der Waals surface area contributed by atoms with Gasteiger partial charge in [0.1, 0.15) is 6.04 Å². The number of amides is 3. The number of carbonyl (C=O) groups is 3. The Kier molecular flexibility index (Phi) is 6.98. The second-order valence-corrected chi connectivity index (χ2v) is 5.56. The van der Waals surface area contributed by atoms with E-state index in [4.69, 9.17) is 10.8 Å². The maximum absolute atomic E-state index is 12.1. The minimum absolute atomic E-state index is 0.0166. The van der Waals surface area contributed by atoms with Crippen molar-refractivity contribution in [3.8, 4) is 0 Å². The van der Waals surface area contributed by atoms with Gasteiger partial charge < -0.3 is 21.1 Å². The minimum Gasteiger partial charge on any atom is -0.480 e. The molecule has 1 heterocycles. The number of nitrogens with one attached hydrogen (secondary N) is 1. The number of nitrogens with zero attached hydrogens (tertiary/aromatic N) is 1. The van der Waals surface area contributed by atoms with Gasteiger partial charge in [0.25, 0.3) is 0 Å². The summed E-state index contributed by atoms with van der Waals surface area (Å²) in [7, 11) is 0. The summed E-state index contributed by atoms with van der Waals surface area (Å²) in [6.07, 6.45) is 4.19. The average molecular weight is 299 g/mol. The topological polar surface area (TPSA) is 113 Å². The van der Waals surface area contributed by atoms with Gasteiger partial charge >= 0.3 is 12.0 Å². The monoisotopic (exact) mass is 299 g/mol. The lowest BCUT2D eigenvalue weighted by Gasteiger charge is -2.32. The van der Waals surface area contributed by atoms with E-state index >= 15 is 0 Å². The van der Waals surface area contributed by atoms with Gasteiger partial charge in [-0.3, -0.25) is 4.79 Å². The minimum atomic E-state index is -1.15. The molecular weight excluding hydrogens is 274 g/mol. The van der Waals surface area contributed by atoms with E-state index in [0.717, 1.165) is 19.3 Å². The van der Waals surface area contributed by atoms with Crippen molar-refractivity contribution in [1.29, 1.82) is 0 Å². The van der Waals surface area contributed by atoms with Crippen LogP contribution in [-0.4, -0.2) is 47.0 Å². The highest BCUT2D eigenvalue weighted by atomic mass is 16.4. The zero-order valence-corrected chi connectivity index (χ0v) is 12.5. The number of carbonyl (C=O) groups excluding carboxylic acids is 2. The Morgan fingerprint density at radius 2 is 1.95 bits per heavy atom. The third kappa shape index (κ3) is 6.01. The summed E-state index contributed by atoms with van der Waals surface area (Å²) in [6.45, 7) is 3.45. The van der Waals surface area contributed by atoms with Gasteiger partial charge in [0, 0.05) is 19.5 Å². The molecule has 1 aliphatic heterocycles. The van der Waals surface area contributed by atoms with Gasteiger partial charge in [-0.1, -0.05) is 19.8 Å². The fourth-order valence-corrected chi connectivity index (χ4v) is 2.62. The molecule has 1 atom stereocenters. The molecule has 0 saturated carbocycles. The van der Waals surface area contributed by atoms with Crippen LogP contribution >= 0.6 is 0 Å². The molecule has 0 aromatic heterocycles. The Hall–Kier alpha value is -1.79. The first kappa shape index (κ1) is 17.3. The van der Waals surface area contributed by atoms with E-state index < -0.39 is 17.9 Å². The van der Waals surface area contributed by atoms with Gasteiger partial charge in [0.15, 0.2) is 0 Å². The zero-order valence-electron chi connectivity index (χ0n) is 12.5. The van der Waals surface area contributed by atoms with Gasteiger partial charge in [0.2, 0.25) is 5.91 Å². The summed E-state index contributed by atoms with van der Waals surface area (Å²) < 4.78 is 0. The number of hydrogen-bond acceptors (Lipinski definition) is 3. The Labute approximate surface area is 124 Å². The number of nitrogens with two attached hydrogens (primary N) is 1. The van der Waals surface area contributed by atoms with E-state index in [0.29, 0.717) is 19.0 Å². The summed E-state index contributed by atoms with van der Waals surface area (Å²) >= 11 is 0. The predicted octanol–water partition coefficient (Wildman–Crippen LogP) is 0.927. The lowest BCUT2D eigenvalue weighted by molar-refractivity contribution is -0.139. The second-order valence-electron chi connectivity index (χ2n) is 5.56. The lowest BCUT2D eigenvalue weighted by Crippen LogP contribution is -2.50. The standard InChI is InChI=1S/C14H25N3O4/c1-2-3-10-6-8-17(9-7-10)14(21)16-11(13(19)20)4-5-12(15)18/h10-11H,2-9H2,1H3,(H2,15,18)(H,16,21)(H,19,20)/t11-/m1/s1. The largest absolute Gasteiger partial charge is 0.480 e. The van der Waals surface area contributed by atoms with E-state index in [1.807, 2.05) is 0 Å². The van der Waals surface area contributed by atoms with Crippen LogP contribution < -0.4 is 11.1 Å². The number of rotatable bonds is 7. The fourth-order valence-electron chi connectivity index (χ4n) is 2.62. The van der Waals surface area contributed by atoms with Gasteiger partial charge in [-0.2, -0.15) is 0 Å². The van der Waals surface area contributed by atoms with E-state index in [2.05, 4.69) is 12.2 Å². The maximum Gasteiger partial charge on any atom is 0.326 e. The Morgan fingerprint density at radius 1 is 1.33 bits per heavy atom. The smallest absolute Gasteiger partial charge is 0.326 e. The molecule has 1 saturated heterocycles. The zero-order chi connectivity index (χ0) is 15.8. The molecule has 0 radical (unpaired) electrons. The second kappa shape index (κ2) is 8.49. The van der Waals surface area contributed by atoms with Crippen LogP contribution in [0.3, 0.4) is 0 Å². The molecule has 0 spiro atoms. The first-order valence-corrected chi connectivity index (χ1v) is 7.50. The first-order chi connectivity index (χ1) is 9.93. The molecule has 21 heavy (non-hydrogen) atoms. The molecular formula is C14H25N3O4. The Balaban J connectivity index is 2.43. The lowest BCUT2D eigenvalue weighted by atomic mass is 9.93. The van der Waals surface area contributed by atoms with Crippen molar-refractivity contribution in [2.24, 2.45) is 11.7 Å². The number of hydrogen-bond donors (Lipinski definition) is 3. The molecule has 0 aromatic rings.